The van der Waals surface area contributed by atoms with Gasteiger partial charge in [-0.15, -0.1) is 0 Å². The third-order valence-corrected chi connectivity index (χ3v) is 19.0. The van der Waals surface area contributed by atoms with Crippen molar-refractivity contribution in [3.8, 4) is 0 Å². The first kappa shape index (κ1) is 34.0. The second kappa shape index (κ2) is 10.7. The molecular formula is C42H68N2O4. The van der Waals surface area contributed by atoms with Gasteiger partial charge in [0.05, 0.1) is 24.7 Å². The molecule has 7 aliphatic carbocycles. The number of amides is 2. The molecule has 6 nitrogen and oxygen atoms in total. The van der Waals surface area contributed by atoms with Crippen LogP contribution in [-0.2, 0) is 14.3 Å². The minimum Gasteiger partial charge on any atom is -0.393 e. The van der Waals surface area contributed by atoms with Gasteiger partial charge in [0.15, 0.2) is 0 Å². The standard InChI is InChI=1S/C42H68N2O4/c1-36(2)28(34(46)44-21-23-48-24-22-44)25-31(36)43-35(47)42-16-11-26(38(5)17-18-38)33(42)27-9-10-30-39(6)14-13-32(45)37(3,4)29(39)12-15-41(30,8)40(27,7)19-20-42/h26-33,45H,9-25H2,1-8H3,(H,43,47)/t26-,27-,28+,29+,30-,31+,32+,33?,39+,40-,41-,42+/m1/s1. The Morgan fingerprint density at radius 3 is 2.08 bits per heavy atom. The third-order valence-electron chi connectivity index (χ3n) is 19.0. The maximum atomic E-state index is 15.0. The number of rotatable bonds is 4. The lowest BCUT2D eigenvalue weighted by Gasteiger charge is -2.73. The van der Waals surface area contributed by atoms with E-state index in [1.165, 1.54) is 44.9 Å². The van der Waals surface area contributed by atoms with Crippen LogP contribution in [0, 0.1) is 73.4 Å². The normalized spacial score (nSPS) is 51.3. The van der Waals surface area contributed by atoms with Gasteiger partial charge >= 0.3 is 0 Å². The number of nitrogens with one attached hydrogen (secondary N) is 1. The van der Waals surface area contributed by atoms with Gasteiger partial charge in [-0.1, -0.05) is 55.4 Å². The molecule has 48 heavy (non-hydrogen) atoms. The van der Waals surface area contributed by atoms with Gasteiger partial charge in [0.25, 0.3) is 0 Å². The third kappa shape index (κ3) is 4.35. The molecule has 8 aliphatic rings. The smallest absolute Gasteiger partial charge is 0.226 e. The average molecular weight is 665 g/mol. The quantitative estimate of drug-likeness (QED) is 0.324. The molecular weight excluding hydrogens is 596 g/mol. The molecule has 1 unspecified atom stereocenters. The number of morpholine rings is 1. The zero-order valence-electron chi connectivity index (χ0n) is 31.8. The summed E-state index contributed by atoms with van der Waals surface area (Å²) >= 11 is 0. The average Bonchev–Trinajstić information content (AvgIpc) is 3.66. The molecule has 0 bridgehead atoms. The summed E-state index contributed by atoms with van der Waals surface area (Å²) in [5, 5.41) is 14.8. The van der Waals surface area contributed by atoms with E-state index in [-0.39, 0.29) is 56.5 Å². The van der Waals surface area contributed by atoms with E-state index in [9.17, 15) is 14.7 Å². The number of nitrogens with zero attached hydrogens (tertiary/aromatic N) is 1. The van der Waals surface area contributed by atoms with E-state index in [0.717, 1.165) is 38.5 Å². The second-order valence-corrected chi connectivity index (χ2v) is 21.1. The first-order chi connectivity index (χ1) is 22.5. The Hall–Kier alpha value is -1.14. The van der Waals surface area contributed by atoms with Crippen molar-refractivity contribution in [2.24, 2.45) is 73.4 Å². The Morgan fingerprint density at radius 1 is 0.708 bits per heavy atom. The zero-order chi connectivity index (χ0) is 34.3. The molecule has 1 saturated heterocycles. The Labute approximate surface area is 291 Å². The first-order valence-corrected chi connectivity index (χ1v) is 20.3. The summed E-state index contributed by atoms with van der Waals surface area (Å²) in [5.41, 5.74) is 0.656. The van der Waals surface area contributed by atoms with Crippen LogP contribution in [-0.4, -0.2) is 60.3 Å². The number of fused-ring (bicyclic) bond motifs is 7. The first-order valence-electron chi connectivity index (χ1n) is 20.3. The highest BCUT2D eigenvalue weighted by Crippen LogP contribution is 2.79. The largest absolute Gasteiger partial charge is 0.393 e. The summed E-state index contributed by atoms with van der Waals surface area (Å²) < 4.78 is 5.51. The van der Waals surface area contributed by atoms with Gasteiger partial charge in [-0.05, 0) is 146 Å². The monoisotopic (exact) mass is 665 g/mol. The van der Waals surface area contributed by atoms with E-state index in [2.05, 4.69) is 60.7 Å². The topological polar surface area (TPSA) is 78.9 Å². The predicted molar refractivity (Wildman–Crippen MR) is 189 cm³/mol. The summed E-state index contributed by atoms with van der Waals surface area (Å²) in [5.74, 6) is 3.53. The molecule has 0 spiro atoms. The Kier molecular flexibility index (Phi) is 7.58. The Balaban J connectivity index is 1.07. The van der Waals surface area contributed by atoms with E-state index in [1.807, 2.05) is 4.90 Å². The molecule has 0 aromatic carbocycles. The van der Waals surface area contributed by atoms with Crippen molar-refractivity contribution in [2.75, 3.05) is 26.3 Å². The Bertz CT molecular complexity index is 1330. The van der Waals surface area contributed by atoms with Gasteiger partial charge in [0, 0.05) is 25.0 Å². The molecule has 0 aromatic heterocycles. The molecule has 0 radical (unpaired) electrons. The van der Waals surface area contributed by atoms with Crippen LogP contribution in [0.5, 0.6) is 0 Å². The van der Waals surface area contributed by atoms with Gasteiger partial charge in [-0.2, -0.15) is 0 Å². The summed E-state index contributed by atoms with van der Waals surface area (Å²) in [4.78, 5) is 30.5. The lowest BCUT2D eigenvalue weighted by Crippen LogP contribution is -2.68. The molecule has 1 aliphatic heterocycles. The van der Waals surface area contributed by atoms with Crippen molar-refractivity contribution < 1.29 is 19.4 Å². The van der Waals surface area contributed by atoms with Crippen LogP contribution in [0.3, 0.4) is 0 Å². The minimum absolute atomic E-state index is 0.0237. The predicted octanol–water partition coefficient (Wildman–Crippen LogP) is 7.62. The van der Waals surface area contributed by atoms with Crippen molar-refractivity contribution >= 4 is 11.8 Å². The molecule has 2 amide bonds. The van der Waals surface area contributed by atoms with Crippen LogP contribution in [0.1, 0.15) is 139 Å². The van der Waals surface area contributed by atoms with E-state index in [0.29, 0.717) is 67.2 Å². The molecule has 8 fully saturated rings. The van der Waals surface area contributed by atoms with Crippen molar-refractivity contribution in [2.45, 2.75) is 151 Å². The van der Waals surface area contributed by atoms with Crippen LogP contribution in [0.25, 0.3) is 0 Å². The summed E-state index contributed by atoms with van der Waals surface area (Å²) in [6.45, 7) is 22.3. The van der Waals surface area contributed by atoms with Crippen LogP contribution in [0.15, 0.2) is 0 Å². The molecule has 0 aromatic rings. The van der Waals surface area contributed by atoms with Crippen molar-refractivity contribution in [3.05, 3.63) is 0 Å². The fourth-order valence-corrected chi connectivity index (χ4v) is 15.2. The van der Waals surface area contributed by atoms with E-state index >= 15 is 0 Å². The van der Waals surface area contributed by atoms with Gasteiger partial charge in [0.1, 0.15) is 0 Å². The van der Waals surface area contributed by atoms with Gasteiger partial charge < -0.3 is 20.1 Å². The van der Waals surface area contributed by atoms with Crippen LogP contribution >= 0.6 is 0 Å². The van der Waals surface area contributed by atoms with Gasteiger partial charge in [-0.3, -0.25) is 9.59 Å². The number of carbonyl (C=O) groups excluding carboxylic acids is 2. The fourth-order valence-electron chi connectivity index (χ4n) is 15.2. The SMILES string of the molecule is CC1([C@@H]2CC[C@]3(C(=O)N[C@H]4C[C@@H](C(=O)N5CCOCC5)C4(C)C)CC[C@]4(C)[C@H](CC[C@@H]5[C@@]6(C)CC[C@H](O)C(C)(C)[C@@H]6CC[C@]54C)C23)CC1. The molecule has 12 atom stereocenters. The fraction of sp³-hybridized carbons (Fsp3) is 0.952. The minimum atomic E-state index is -0.267. The Morgan fingerprint density at radius 2 is 1.42 bits per heavy atom. The molecule has 8 rings (SSSR count). The van der Waals surface area contributed by atoms with Crippen molar-refractivity contribution in [1.82, 2.24) is 10.2 Å². The number of hydrogen-bond donors (Lipinski definition) is 2. The number of ether oxygens (including phenoxy) is 1. The summed E-state index contributed by atoms with van der Waals surface area (Å²) in [6, 6.07) is 0.0624. The van der Waals surface area contributed by atoms with E-state index in [1.54, 1.807) is 0 Å². The van der Waals surface area contributed by atoms with Crippen LogP contribution < -0.4 is 5.32 Å². The number of aliphatic hydroxyl groups excluding tert-OH is 1. The molecule has 2 N–H and O–H groups in total. The lowest BCUT2D eigenvalue weighted by molar-refractivity contribution is -0.248. The number of carbonyl (C=O) groups is 2. The lowest BCUT2D eigenvalue weighted by atomic mass is 9.32. The highest BCUT2D eigenvalue weighted by atomic mass is 16.5. The van der Waals surface area contributed by atoms with Crippen molar-refractivity contribution in [1.29, 1.82) is 0 Å². The highest BCUT2D eigenvalue weighted by molar-refractivity contribution is 5.86. The van der Waals surface area contributed by atoms with Gasteiger partial charge in [0.2, 0.25) is 11.8 Å². The zero-order valence-corrected chi connectivity index (χ0v) is 31.8. The summed E-state index contributed by atoms with van der Waals surface area (Å²) in [7, 11) is 0. The molecule has 270 valence electrons. The van der Waals surface area contributed by atoms with E-state index < -0.39 is 0 Å². The van der Waals surface area contributed by atoms with E-state index in [4.69, 9.17) is 4.74 Å². The number of hydrogen-bond acceptors (Lipinski definition) is 4. The molecule has 7 saturated carbocycles. The maximum Gasteiger partial charge on any atom is 0.226 e. The summed E-state index contributed by atoms with van der Waals surface area (Å²) in [6.07, 6.45) is 14.8. The second-order valence-electron chi connectivity index (χ2n) is 21.1. The maximum absolute atomic E-state index is 15.0. The van der Waals surface area contributed by atoms with Crippen LogP contribution in [0.4, 0.5) is 0 Å². The number of aliphatic hydroxyl groups is 1. The molecule has 6 heteroatoms. The molecule has 1 heterocycles. The highest BCUT2D eigenvalue weighted by Gasteiger charge is 2.73. The van der Waals surface area contributed by atoms with Crippen molar-refractivity contribution in [3.63, 3.8) is 0 Å². The van der Waals surface area contributed by atoms with Gasteiger partial charge in [-0.25, -0.2) is 0 Å². The van der Waals surface area contributed by atoms with Crippen LogP contribution in [0.2, 0.25) is 0 Å².